The van der Waals surface area contributed by atoms with Crippen molar-refractivity contribution in [1.82, 2.24) is 0 Å². The molecule has 0 radical (unpaired) electrons. The lowest BCUT2D eigenvalue weighted by Gasteiger charge is -2.09. The van der Waals surface area contributed by atoms with Crippen LogP contribution in [0.3, 0.4) is 0 Å². The fourth-order valence-electron chi connectivity index (χ4n) is 1.73. The fourth-order valence-corrected chi connectivity index (χ4v) is 2.19. The topological polar surface area (TPSA) is 88.4 Å². The second kappa shape index (κ2) is 8.92. The molecule has 0 unspecified atom stereocenters. The van der Waals surface area contributed by atoms with E-state index in [9.17, 15) is 9.59 Å². The van der Waals surface area contributed by atoms with Gasteiger partial charge in [-0.15, -0.1) is 0 Å². The van der Waals surface area contributed by atoms with Crippen molar-refractivity contribution in [2.24, 2.45) is 0 Å². The van der Waals surface area contributed by atoms with E-state index in [-0.39, 0.29) is 11.6 Å². The van der Waals surface area contributed by atoms with Crippen LogP contribution in [0.2, 0.25) is 10.0 Å². The molecule has 1 amide bonds. The quantitative estimate of drug-likeness (QED) is 0.777. The van der Waals surface area contributed by atoms with Crippen LogP contribution in [-0.2, 0) is 14.3 Å². The summed E-state index contributed by atoms with van der Waals surface area (Å²) in [4.78, 5) is 23.3. The van der Waals surface area contributed by atoms with Gasteiger partial charge in [-0.05, 0) is 42.5 Å². The largest absolute Gasteiger partial charge is 0.482 e. The molecule has 0 saturated heterocycles. The molecular weight excluding hydrogens is 367 g/mol. The molecule has 0 saturated carbocycles. The van der Waals surface area contributed by atoms with Crippen LogP contribution in [0.4, 0.5) is 5.69 Å². The molecule has 6 nitrogen and oxygen atoms in total. The van der Waals surface area contributed by atoms with Gasteiger partial charge in [-0.1, -0.05) is 23.2 Å². The van der Waals surface area contributed by atoms with E-state index >= 15 is 0 Å². The second-order valence-corrected chi connectivity index (χ2v) is 5.60. The predicted molar refractivity (Wildman–Crippen MR) is 92.7 cm³/mol. The maximum absolute atomic E-state index is 11.7. The van der Waals surface area contributed by atoms with E-state index in [4.69, 9.17) is 37.9 Å². The maximum Gasteiger partial charge on any atom is 0.344 e. The number of carbonyl (C=O) groups is 2. The van der Waals surface area contributed by atoms with Gasteiger partial charge in [0.15, 0.2) is 13.2 Å². The SMILES string of the molecule is N#Cc1ccc(OCC(=O)OCC(=O)Nc2ccc(Cl)cc2Cl)cc1. The van der Waals surface area contributed by atoms with Gasteiger partial charge in [0.2, 0.25) is 0 Å². The summed E-state index contributed by atoms with van der Waals surface area (Å²) < 4.78 is 10.0. The number of anilines is 1. The van der Waals surface area contributed by atoms with Crippen LogP contribution in [0.1, 0.15) is 5.56 Å². The Morgan fingerprint density at radius 3 is 2.44 bits per heavy atom. The minimum absolute atomic E-state index is 0.274. The summed E-state index contributed by atoms with van der Waals surface area (Å²) in [6.07, 6.45) is 0. The zero-order valence-electron chi connectivity index (χ0n) is 12.8. The van der Waals surface area contributed by atoms with Crippen LogP contribution in [0.5, 0.6) is 5.75 Å². The smallest absolute Gasteiger partial charge is 0.344 e. The lowest BCUT2D eigenvalue weighted by atomic mass is 10.2. The number of halogens is 2. The van der Waals surface area contributed by atoms with Crippen LogP contribution >= 0.6 is 23.2 Å². The molecule has 0 aliphatic carbocycles. The Hall–Kier alpha value is -2.75. The average Bonchev–Trinajstić information content (AvgIpc) is 2.61. The van der Waals surface area contributed by atoms with Crippen molar-refractivity contribution in [3.63, 3.8) is 0 Å². The minimum atomic E-state index is -0.707. The lowest BCUT2D eigenvalue weighted by Crippen LogP contribution is -2.23. The van der Waals surface area contributed by atoms with Crippen LogP contribution in [0.25, 0.3) is 0 Å². The molecular formula is C17H12Cl2N2O4. The van der Waals surface area contributed by atoms with Gasteiger partial charge >= 0.3 is 5.97 Å². The van der Waals surface area contributed by atoms with E-state index < -0.39 is 18.5 Å². The van der Waals surface area contributed by atoms with E-state index in [2.05, 4.69) is 5.32 Å². The summed E-state index contributed by atoms with van der Waals surface area (Å²) in [5, 5.41) is 11.9. The van der Waals surface area contributed by atoms with E-state index in [0.717, 1.165) is 0 Å². The van der Waals surface area contributed by atoms with Crippen molar-refractivity contribution in [3.8, 4) is 11.8 Å². The van der Waals surface area contributed by atoms with Gasteiger partial charge in [-0.25, -0.2) is 4.79 Å². The van der Waals surface area contributed by atoms with Gasteiger partial charge in [-0.2, -0.15) is 5.26 Å². The Kier molecular flexibility index (Phi) is 6.63. The Bertz CT molecular complexity index is 816. The molecule has 0 aliphatic heterocycles. The summed E-state index contributed by atoms with van der Waals surface area (Å²) in [5.41, 5.74) is 0.841. The first kappa shape index (κ1) is 18.6. The van der Waals surface area contributed by atoms with Crippen LogP contribution < -0.4 is 10.1 Å². The highest BCUT2D eigenvalue weighted by Gasteiger charge is 2.10. The molecule has 2 aromatic rings. The van der Waals surface area contributed by atoms with Crippen molar-refractivity contribution in [2.75, 3.05) is 18.5 Å². The molecule has 2 aromatic carbocycles. The van der Waals surface area contributed by atoms with Gasteiger partial charge < -0.3 is 14.8 Å². The number of nitrogens with one attached hydrogen (secondary N) is 1. The van der Waals surface area contributed by atoms with E-state index in [0.29, 0.717) is 22.0 Å². The molecule has 0 fully saturated rings. The van der Waals surface area contributed by atoms with Gasteiger partial charge in [0, 0.05) is 5.02 Å². The summed E-state index contributed by atoms with van der Waals surface area (Å²) in [7, 11) is 0. The maximum atomic E-state index is 11.7. The Labute approximate surface area is 153 Å². The zero-order valence-corrected chi connectivity index (χ0v) is 14.3. The number of rotatable bonds is 6. The predicted octanol–water partition coefficient (Wildman–Crippen LogP) is 3.43. The van der Waals surface area contributed by atoms with Crippen molar-refractivity contribution >= 4 is 40.8 Å². The van der Waals surface area contributed by atoms with Gasteiger partial charge in [0.25, 0.3) is 5.91 Å². The summed E-state index contributed by atoms with van der Waals surface area (Å²) in [5.74, 6) is -0.842. The van der Waals surface area contributed by atoms with Crippen molar-refractivity contribution in [3.05, 3.63) is 58.1 Å². The third-order valence-electron chi connectivity index (χ3n) is 2.91. The molecule has 0 spiro atoms. The van der Waals surface area contributed by atoms with Gasteiger partial charge in [-0.3, -0.25) is 4.79 Å². The number of hydrogen-bond donors (Lipinski definition) is 1. The highest BCUT2D eigenvalue weighted by molar-refractivity contribution is 6.36. The average molecular weight is 379 g/mol. The molecule has 25 heavy (non-hydrogen) atoms. The third-order valence-corrected chi connectivity index (χ3v) is 3.46. The third kappa shape index (κ3) is 5.99. The fraction of sp³-hybridized carbons (Fsp3) is 0.118. The molecule has 8 heteroatoms. The Balaban J connectivity index is 1.75. The molecule has 0 atom stereocenters. The number of carbonyl (C=O) groups excluding carboxylic acids is 2. The number of nitrogens with zero attached hydrogens (tertiary/aromatic N) is 1. The zero-order chi connectivity index (χ0) is 18.2. The normalized spacial score (nSPS) is 9.80. The highest BCUT2D eigenvalue weighted by Crippen LogP contribution is 2.25. The lowest BCUT2D eigenvalue weighted by molar-refractivity contribution is -0.149. The number of nitriles is 1. The summed E-state index contributed by atoms with van der Waals surface area (Å²) in [6, 6.07) is 12.8. The molecule has 0 bridgehead atoms. The molecule has 0 aliphatic rings. The minimum Gasteiger partial charge on any atom is -0.482 e. The summed E-state index contributed by atoms with van der Waals surface area (Å²) in [6.45, 7) is -0.838. The molecule has 2 rings (SSSR count). The monoisotopic (exact) mass is 378 g/mol. The molecule has 1 N–H and O–H groups in total. The standard InChI is InChI=1S/C17H12Cl2N2O4/c18-12-3-6-15(14(19)7-12)21-16(22)9-25-17(23)10-24-13-4-1-11(8-20)2-5-13/h1-7H,9-10H2,(H,21,22). The first-order chi connectivity index (χ1) is 12.0. The van der Waals surface area contributed by atoms with E-state index in [1.54, 1.807) is 36.4 Å². The number of ether oxygens (including phenoxy) is 2. The first-order valence-corrected chi connectivity index (χ1v) is 7.77. The highest BCUT2D eigenvalue weighted by atomic mass is 35.5. The van der Waals surface area contributed by atoms with Gasteiger partial charge in [0.1, 0.15) is 5.75 Å². The first-order valence-electron chi connectivity index (χ1n) is 7.01. The number of amides is 1. The molecule has 0 aromatic heterocycles. The molecule has 128 valence electrons. The van der Waals surface area contributed by atoms with Crippen molar-refractivity contribution in [2.45, 2.75) is 0 Å². The molecule has 0 heterocycles. The van der Waals surface area contributed by atoms with Crippen molar-refractivity contribution in [1.29, 1.82) is 5.26 Å². The Morgan fingerprint density at radius 1 is 1.08 bits per heavy atom. The Morgan fingerprint density at radius 2 is 1.80 bits per heavy atom. The number of benzene rings is 2. The van der Waals surface area contributed by atoms with Crippen molar-refractivity contribution < 1.29 is 19.1 Å². The van der Waals surface area contributed by atoms with Crippen LogP contribution in [0, 0.1) is 11.3 Å². The second-order valence-electron chi connectivity index (χ2n) is 4.76. The van der Waals surface area contributed by atoms with Gasteiger partial charge in [0.05, 0.1) is 22.3 Å². The summed E-state index contributed by atoms with van der Waals surface area (Å²) >= 11 is 11.7. The number of hydrogen-bond acceptors (Lipinski definition) is 5. The van der Waals surface area contributed by atoms with E-state index in [1.807, 2.05) is 6.07 Å². The number of esters is 1. The van der Waals surface area contributed by atoms with Crippen LogP contribution in [-0.4, -0.2) is 25.1 Å². The van der Waals surface area contributed by atoms with Crippen LogP contribution in [0.15, 0.2) is 42.5 Å². The van der Waals surface area contributed by atoms with E-state index in [1.165, 1.54) is 6.07 Å².